The van der Waals surface area contributed by atoms with Gasteiger partial charge in [-0.25, -0.2) is 4.98 Å². The normalized spacial score (nSPS) is 9.53. The Labute approximate surface area is 111 Å². The number of nitriles is 1. The quantitative estimate of drug-likeness (QED) is 0.909. The van der Waals surface area contributed by atoms with Gasteiger partial charge in [-0.2, -0.15) is 5.26 Å². The van der Waals surface area contributed by atoms with Crippen LogP contribution in [0, 0.1) is 11.3 Å². The third kappa shape index (κ3) is 2.93. The van der Waals surface area contributed by atoms with Crippen LogP contribution in [0.1, 0.15) is 5.56 Å². The molecule has 2 aromatic rings. The topological polar surface area (TPSA) is 67.2 Å². The largest absolute Gasteiger partial charge is 0.497 e. The number of methoxy groups -OCH3 is 2. The molecule has 0 aliphatic heterocycles. The van der Waals surface area contributed by atoms with Crippen molar-refractivity contribution in [2.45, 2.75) is 0 Å². The monoisotopic (exact) mass is 255 g/mol. The van der Waals surface area contributed by atoms with Gasteiger partial charge in [-0.1, -0.05) is 0 Å². The summed E-state index contributed by atoms with van der Waals surface area (Å²) in [6, 6.07) is 10.9. The molecule has 0 aliphatic carbocycles. The fourth-order valence-corrected chi connectivity index (χ4v) is 1.57. The summed E-state index contributed by atoms with van der Waals surface area (Å²) < 4.78 is 10.4. The van der Waals surface area contributed by atoms with Gasteiger partial charge < -0.3 is 14.8 Å². The number of anilines is 2. The van der Waals surface area contributed by atoms with Crippen molar-refractivity contribution in [3.63, 3.8) is 0 Å². The first-order valence-electron chi connectivity index (χ1n) is 5.62. The fraction of sp³-hybridized carbons (Fsp3) is 0.143. The highest BCUT2D eigenvalue weighted by molar-refractivity contribution is 5.65. The number of benzene rings is 1. The summed E-state index contributed by atoms with van der Waals surface area (Å²) in [5.41, 5.74) is 1.30. The molecule has 0 fully saturated rings. The van der Waals surface area contributed by atoms with Crippen molar-refractivity contribution in [1.82, 2.24) is 4.98 Å². The molecule has 5 nitrogen and oxygen atoms in total. The Hall–Kier alpha value is -2.74. The van der Waals surface area contributed by atoms with Crippen molar-refractivity contribution in [1.29, 1.82) is 5.26 Å². The van der Waals surface area contributed by atoms with Crippen LogP contribution in [0.5, 0.6) is 11.5 Å². The summed E-state index contributed by atoms with van der Waals surface area (Å²) in [7, 11) is 3.19. The molecule has 0 bridgehead atoms. The van der Waals surface area contributed by atoms with E-state index in [9.17, 15) is 0 Å². The van der Waals surface area contributed by atoms with Crippen LogP contribution in [-0.4, -0.2) is 19.2 Å². The highest BCUT2D eigenvalue weighted by Crippen LogP contribution is 2.30. The van der Waals surface area contributed by atoms with Crippen LogP contribution in [0.15, 0.2) is 36.5 Å². The number of aromatic nitrogens is 1. The van der Waals surface area contributed by atoms with Gasteiger partial charge >= 0.3 is 0 Å². The highest BCUT2D eigenvalue weighted by Gasteiger charge is 2.05. The molecule has 2 rings (SSSR count). The molecule has 1 aromatic carbocycles. The standard InChI is InChI=1S/C14H13N3O2/c1-18-11-4-5-12(13(7-11)19-2)17-14-6-3-10(8-15)9-16-14/h3-7,9H,1-2H3,(H,16,17). The molecular weight excluding hydrogens is 242 g/mol. The van der Waals surface area contributed by atoms with Gasteiger partial charge in [0, 0.05) is 12.3 Å². The summed E-state index contributed by atoms with van der Waals surface area (Å²) in [6.45, 7) is 0. The lowest BCUT2D eigenvalue weighted by Crippen LogP contribution is -1.97. The number of ether oxygens (including phenoxy) is 2. The molecule has 5 heteroatoms. The zero-order valence-electron chi connectivity index (χ0n) is 10.7. The first-order valence-corrected chi connectivity index (χ1v) is 5.62. The maximum atomic E-state index is 8.71. The van der Waals surface area contributed by atoms with E-state index in [1.165, 1.54) is 6.20 Å². The summed E-state index contributed by atoms with van der Waals surface area (Å²) in [4.78, 5) is 4.14. The van der Waals surface area contributed by atoms with Crippen molar-refractivity contribution in [3.05, 3.63) is 42.1 Å². The van der Waals surface area contributed by atoms with Gasteiger partial charge in [0.05, 0.1) is 25.5 Å². The molecule has 1 aromatic heterocycles. The maximum Gasteiger partial charge on any atom is 0.146 e. The van der Waals surface area contributed by atoms with E-state index >= 15 is 0 Å². The number of pyridine rings is 1. The molecule has 0 atom stereocenters. The smallest absolute Gasteiger partial charge is 0.146 e. The Morgan fingerprint density at radius 2 is 2.00 bits per heavy atom. The minimum absolute atomic E-state index is 0.521. The average Bonchev–Trinajstić information content (AvgIpc) is 2.48. The van der Waals surface area contributed by atoms with Crippen molar-refractivity contribution < 1.29 is 9.47 Å². The van der Waals surface area contributed by atoms with Crippen LogP contribution in [0.25, 0.3) is 0 Å². The molecule has 1 N–H and O–H groups in total. The van der Waals surface area contributed by atoms with Gasteiger partial charge in [-0.15, -0.1) is 0 Å². The lowest BCUT2D eigenvalue weighted by atomic mass is 10.2. The summed E-state index contributed by atoms with van der Waals surface area (Å²) in [5.74, 6) is 2.02. The molecule has 0 aliphatic rings. The van der Waals surface area contributed by atoms with Gasteiger partial charge in [-0.3, -0.25) is 0 Å². The maximum absolute atomic E-state index is 8.71. The Bertz CT molecular complexity index is 603. The van der Waals surface area contributed by atoms with Gasteiger partial charge in [0.25, 0.3) is 0 Å². The summed E-state index contributed by atoms with van der Waals surface area (Å²) in [6.07, 6.45) is 1.51. The molecule has 0 unspecified atom stereocenters. The first-order chi connectivity index (χ1) is 9.26. The van der Waals surface area contributed by atoms with Crippen LogP contribution >= 0.6 is 0 Å². The van der Waals surface area contributed by atoms with Gasteiger partial charge in [0.2, 0.25) is 0 Å². The molecule has 19 heavy (non-hydrogen) atoms. The van der Waals surface area contributed by atoms with Crippen molar-refractivity contribution in [2.24, 2.45) is 0 Å². The predicted molar refractivity (Wildman–Crippen MR) is 71.8 cm³/mol. The Morgan fingerprint density at radius 1 is 1.16 bits per heavy atom. The molecule has 0 radical (unpaired) electrons. The minimum atomic E-state index is 0.521. The molecule has 0 saturated heterocycles. The average molecular weight is 255 g/mol. The van der Waals surface area contributed by atoms with E-state index in [1.807, 2.05) is 18.2 Å². The zero-order chi connectivity index (χ0) is 13.7. The second-order valence-corrected chi connectivity index (χ2v) is 3.74. The molecule has 0 spiro atoms. The molecule has 1 heterocycles. The van der Waals surface area contributed by atoms with E-state index < -0.39 is 0 Å². The first kappa shape index (κ1) is 12.7. The van der Waals surface area contributed by atoms with Crippen LogP contribution in [0.3, 0.4) is 0 Å². The van der Waals surface area contributed by atoms with E-state index in [1.54, 1.807) is 32.4 Å². The lowest BCUT2D eigenvalue weighted by Gasteiger charge is -2.11. The van der Waals surface area contributed by atoms with E-state index in [4.69, 9.17) is 14.7 Å². The Balaban J connectivity index is 2.24. The van der Waals surface area contributed by atoms with Gasteiger partial charge in [0.1, 0.15) is 23.4 Å². The Morgan fingerprint density at radius 3 is 2.58 bits per heavy atom. The van der Waals surface area contributed by atoms with Gasteiger partial charge in [-0.05, 0) is 24.3 Å². The SMILES string of the molecule is COc1ccc(Nc2ccc(C#N)cn2)c(OC)c1. The summed E-state index contributed by atoms with van der Waals surface area (Å²) >= 11 is 0. The molecule has 0 amide bonds. The number of hydrogen-bond acceptors (Lipinski definition) is 5. The molecule has 0 saturated carbocycles. The van der Waals surface area contributed by atoms with E-state index in [0.717, 1.165) is 11.4 Å². The summed E-state index contributed by atoms with van der Waals surface area (Å²) in [5, 5.41) is 11.8. The van der Waals surface area contributed by atoms with Crippen molar-refractivity contribution in [2.75, 3.05) is 19.5 Å². The second-order valence-electron chi connectivity index (χ2n) is 3.74. The third-order valence-corrected chi connectivity index (χ3v) is 2.56. The second kappa shape index (κ2) is 5.74. The van der Waals surface area contributed by atoms with Crippen molar-refractivity contribution in [3.8, 4) is 17.6 Å². The van der Waals surface area contributed by atoms with Crippen LogP contribution in [-0.2, 0) is 0 Å². The van der Waals surface area contributed by atoms with Crippen LogP contribution in [0.2, 0.25) is 0 Å². The van der Waals surface area contributed by atoms with Gasteiger partial charge in [0.15, 0.2) is 0 Å². The van der Waals surface area contributed by atoms with Crippen molar-refractivity contribution >= 4 is 11.5 Å². The van der Waals surface area contributed by atoms with E-state index in [2.05, 4.69) is 10.3 Å². The highest BCUT2D eigenvalue weighted by atomic mass is 16.5. The number of rotatable bonds is 4. The fourth-order valence-electron chi connectivity index (χ4n) is 1.57. The third-order valence-electron chi connectivity index (χ3n) is 2.56. The predicted octanol–water partition coefficient (Wildman–Crippen LogP) is 2.71. The lowest BCUT2D eigenvalue weighted by molar-refractivity contribution is 0.395. The van der Waals surface area contributed by atoms with E-state index in [-0.39, 0.29) is 0 Å². The minimum Gasteiger partial charge on any atom is -0.497 e. The van der Waals surface area contributed by atoms with Crippen LogP contribution < -0.4 is 14.8 Å². The van der Waals surface area contributed by atoms with E-state index in [0.29, 0.717) is 17.1 Å². The van der Waals surface area contributed by atoms with Crippen LogP contribution in [0.4, 0.5) is 11.5 Å². The zero-order valence-corrected chi connectivity index (χ0v) is 10.7. The number of hydrogen-bond donors (Lipinski definition) is 1. The number of nitrogens with zero attached hydrogens (tertiary/aromatic N) is 2. The molecular formula is C14H13N3O2. The Kier molecular flexibility index (Phi) is 3.84. The number of nitrogens with one attached hydrogen (secondary N) is 1. The molecule has 96 valence electrons.